The molecule has 3 aromatic carbocycles. The number of carbonyl (C=O) groups is 1. The second-order valence-electron chi connectivity index (χ2n) is 12.2. The minimum atomic E-state index is -0.374. The fraction of sp³-hybridized carbons (Fsp3) is 0.324. The van der Waals surface area contributed by atoms with E-state index in [1.165, 1.54) is 18.4 Å². The van der Waals surface area contributed by atoms with Crippen LogP contribution in [0.25, 0.3) is 32.9 Å². The van der Waals surface area contributed by atoms with E-state index < -0.39 is 0 Å². The van der Waals surface area contributed by atoms with Crippen LogP contribution < -0.4 is 4.74 Å². The lowest BCUT2D eigenvalue weighted by Crippen LogP contribution is -2.11. The molecule has 0 saturated heterocycles. The Morgan fingerprint density at radius 2 is 1.77 bits per heavy atom. The Morgan fingerprint density at radius 1 is 0.936 bits per heavy atom. The fourth-order valence-corrected chi connectivity index (χ4v) is 8.30. The van der Waals surface area contributed by atoms with Gasteiger partial charge in [0.2, 0.25) is 0 Å². The standard InChI is InChI=1S/C37H38ClN5O3S/c1-22-30-21-47-20-25-19-26(42(3)40-25)13-12-23-17-24-9-6-7-10-27(24)32(18-23)46-16-8-11-28-29-14-15-31(38)33(35(30)43(4)39-22)34(29)41(2)36(28)37(44)45-5/h6-7,9-10,14-15,17-19H,8,11-13,16,20-21H2,1-5H3. The SMILES string of the molecule is COC(=O)c1c2c3ccc(Cl)c(c3n1C)-c1c(c(C)nn1C)CSCc1cc(n(C)n1)CCc1cc(c3ccccc3c1)OCCC2. The molecule has 1 aliphatic heterocycles. The lowest BCUT2D eigenvalue weighted by atomic mass is 10.00. The van der Waals surface area contributed by atoms with E-state index in [-0.39, 0.29) is 5.97 Å². The summed E-state index contributed by atoms with van der Waals surface area (Å²) in [6, 6.07) is 19.0. The van der Waals surface area contributed by atoms with Gasteiger partial charge in [0.05, 0.1) is 41.3 Å². The molecule has 0 spiro atoms. The third-order valence-corrected chi connectivity index (χ3v) is 10.6. The molecule has 0 saturated carbocycles. The summed E-state index contributed by atoms with van der Waals surface area (Å²) in [5, 5.41) is 13.5. The molecule has 47 heavy (non-hydrogen) atoms. The lowest BCUT2D eigenvalue weighted by molar-refractivity contribution is 0.0589. The van der Waals surface area contributed by atoms with Crippen LogP contribution in [-0.4, -0.2) is 43.8 Å². The predicted molar refractivity (Wildman–Crippen MR) is 190 cm³/mol. The van der Waals surface area contributed by atoms with E-state index in [1.54, 1.807) is 0 Å². The van der Waals surface area contributed by atoms with E-state index in [9.17, 15) is 4.79 Å². The van der Waals surface area contributed by atoms with Crippen molar-refractivity contribution in [2.45, 2.75) is 44.1 Å². The van der Waals surface area contributed by atoms with Gasteiger partial charge in [-0.3, -0.25) is 9.36 Å². The van der Waals surface area contributed by atoms with E-state index in [4.69, 9.17) is 31.3 Å². The zero-order valence-electron chi connectivity index (χ0n) is 27.4. The molecule has 0 unspecified atom stereocenters. The molecule has 0 atom stereocenters. The van der Waals surface area contributed by atoms with Crippen molar-refractivity contribution in [3.05, 3.63) is 99.1 Å². The van der Waals surface area contributed by atoms with E-state index in [1.807, 2.05) is 72.0 Å². The molecule has 1 aliphatic rings. The van der Waals surface area contributed by atoms with Crippen LogP contribution in [0.3, 0.4) is 0 Å². The monoisotopic (exact) mass is 667 g/mol. The summed E-state index contributed by atoms with van der Waals surface area (Å²) in [5.41, 5.74) is 9.74. The van der Waals surface area contributed by atoms with E-state index >= 15 is 0 Å². The average Bonchev–Trinajstić information content (AvgIpc) is 3.66. The van der Waals surface area contributed by atoms with Crippen LogP contribution in [0.15, 0.2) is 54.6 Å². The number of halogens is 1. The number of hydrogen-bond donors (Lipinski definition) is 0. The maximum absolute atomic E-state index is 13.3. The van der Waals surface area contributed by atoms with Crippen molar-refractivity contribution in [1.82, 2.24) is 24.1 Å². The van der Waals surface area contributed by atoms with E-state index in [2.05, 4.69) is 36.4 Å². The van der Waals surface area contributed by atoms with Crippen LogP contribution in [0.5, 0.6) is 5.75 Å². The van der Waals surface area contributed by atoms with Gasteiger partial charge < -0.3 is 14.0 Å². The number of thioether (sulfide) groups is 1. The van der Waals surface area contributed by atoms with Crippen LogP contribution >= 0.6 is 23.4 Å². The Labute approximate surface area is 283 Å². The fourth-order valence-electron chi connectivity index (χ4n) is 7.06. The minimum absolute atomic E-state index is 0.374. The first kappa shape index (κ1) is 31.4. The molecule has 10 heteroatoms. The third-order valence-electron chi connectivity index (χ3n) is 9.28. The maximum atomic E-state index is 13.3. The summed E-state index contributed by atoms with van der Waals surface area (Å²) in [6.07, 6.45) is 3.11. The molecule has 0 radical (unpaired) electrons. The molecule has 4 heterocycles. The summed E-state index contributed by atoms with van der Waals surface area (Å²) < 4.78 is 17.7. The van der Waals surface area contributed by atoms with Crippen molar-refractivity contribution in [3.63, 3.8) is 0 Å². The van der Waals surface area contributed by atoms with Gasteiger partial charge in [0, 0.05) is 60.2 Å². The zero-order chi connectivity index (χ0) is 32.8. The molecule has 0 aliphatic carbocycles. The molecule has 6 aromatic rings. The van der Waals surface area contributed by atoms with Crippen molar-refractivity contribution in [1.29, 1.82) is 0 Å². The Kier molecular flexibility index (Phi) is 8.53. The van der Waals surface area contributed by atoms with Gasteiger partial charge in [-0.2, -0.15) is 22.0 Å². The van der Waals surface area contributed by atoms with Crippen molar-refractivity contribution >= 4 is 51.0 Å². The number of hydrogen-bond acceptors (Lipinski definition) is 6. The summed E-state index contributed by atoms with van der Waals surface area (Å²) >= 11 is 8.86. The smallest absolute Gasteiger partial charge is 0.354 e. The van der Waals surface area contributed by atoms with Gasteiger partial charge in [-0.25, -0.2) is 4.79 Å². The highest BCUT2D eigenvalue weighted by molar-refractivity contribution is 7.97. The van der Waals surface area contributed by atoms with Crippen LogP contribution in [0.1, 0.15) is 50.7 Å². The van der Waals surface area contributed by atoms with Crippen LogP contribution in [0, 0.1) is 6.92 Å². The van der Waals surface area contributed by atoms with Gasteiger partial charge in [0.1, 0.15) is 11.4 Å². The summed E-state index contributed by atoms with van der Waals surface area (Å²) in [7, 11) is 7.33. The van der Waals surface area contributed by atoms with Crippen molar-refractivity contribution < 1.29 is 14.3 Å². The van der Waals surface area contributed by atoms with Gasteiger partial charge in [0.15, 0.2) is 0 Å². The van der Waals surface area contributed by atoms with Crippen molar-refractivity contribution in [2.75, 3.05) is 13.7 Å². The summed E-state index contributed by atoms with van der Waals surface area (Å²) in [6.45, 7) is 2.54. The quantitative estimate of drug-likeness (QED) is 0.167. The highest BCUT2D eigenvalue weighted by Crippen LogP contribution is 2.42. The number of fused-ring (bicyclic) bond motifs is 8. The molecule has 7 rings (SSSR count). The number of esters is 1. The number of aryl methyl sites for hydroxylation is 7. The molecule has 8 nitrogen and oxygen atoms in total. The first-order chi connectivity index (χ1) is 22.7. The molecule has 3 aromatic heterocycles. The second-order valence-corrected chi connectivity index (χ2v) is 13.6. The molecular formula is C37H38ClN5O3S. The number of methoxy groups -OCH3 is 1. The van der Waals surface area contributed by atoms with Crippen LogP contribution in [0.4, 0.5) is 0 Å². The second kappa shape index (κ2) is 12.8. The molecule has 0 N–H and O–H groups in total. The highest BCUT2D eigenvalue weighted by Gasteiger charge is 2.28. The van der Waals surface area contributed by atoms with E-state index in [0.717, 1.165) is 85.5 Å². The van der Waals surface area contributed by atoms with Gasteiger partial charge in [-0.05, 0) is 67.3 Å². The van der Waals surface area contributed by atoms with Gasteiger partial charge in [-0.15, -0.1) is 0 Å². The zero-order valence-corrected chi connectivity index (χ0v) is 29.0. The molecule has 0 amide bonds. The van der Waals surface area contributed by atoms with Gasteiger partial charge >= 0.3 is 5.97 Å². The Hall–Kier alpha value is -4.21. The molecular weight excluding hydrogens is 630 g/mol. The average molecular weight is 668 g/mol. The number of rotatable bonds is 1. The molecule has 0 fully saturated rings. The topological polar surface area (TPSA) is 76.1 Å². The summed E-state index contributed by atoms with van der Waals surface area (Å²) in [5.74, 6) is 2.02. The van der Waals surface area contributed by atoms with E-state index in [0.29, 0.717) is 30.2 Å². The van der Waals surface area contributed by atoms with Gasteiger partial charge in [-0.1, -0.05) is 48.0 Å². The van der Waals surface area contributed by atoms with Crippen LogP contribution in [0.2, 0.25) is 5.02 Å². The first-order valence-corrected chi connectivity index (χ1v) is 17.4. The lowest BCUT2D eigenvalue weighted by Gasteiger charge is -2.13. The number of carbonyl (C=O) groups excluding carboxylic acids is 1. The molecule has 8 bridgehead atoms. The first-order valence-electron chi connectivity index (χ1n) is 15.9. The number of nitrogens with zero attached hydrogens (tertiary/aromatic N) is 5. The molecule has 242 valence electrons. The Balaban J connectivity index is 1.37. The van der Waals surface area contributed by atoms with Crippen molar-refractivity contribution in [3.8, 4) is 17.0 Å². The maximum Gasteiger partial charge on any atom is 0.354 e. The normalized spacial score (nSPS) is 14.2. The largest absolute Gasteiger partial charge is 0.493 e. The number of aromatic nitrogens is 5. The number of benzene rings is 3. The Morgan fingerprint density at radius 3 is 2.60 bits per heavy atom. The summed E-state index contributed by atoms with van der Waals surface area (Å²) in [4.78, 5) is 13.3. The van der Waals surface area contributed by atoms with Gasteiger partial charge in [0.25, 0.3) is 0 Å². The third kappa shape index (κ3) is 5.69. The van der Waals surface area contributed by atoms with Crippen molar-refractivity contribution in [2.24, 2.45) is 21.1 Å². The highest BCUT2D eigenvalue weighted by atomic mass is 35.5. The number of ether oxygens (including phenoxy) is 2. The predicted octanol–water partition coefficient (Wildman–Crippen LogP) is 7.76. The van der Waals surface area contributed by atoms with Crippen LogP contribution in [-0.2, 0) is 56.6 Å². The Bertz CT molecular complexity index is 2160. The minimum Gasteiger partial charge on any atom is -0.493 e.